The van der Waals surface area contributed by atoms with Gasteiger partial charge in [0.2, 0.25) is 0 Å². The summed E-state index contributed by atoms with van der Waals surface area (Å²) in [6.07, 6.45) is 0.744. The van der Waals surface area contributed by atoms with Gasteiger partial charge in [-0.3, -0.25) is 4.79 Å². The van der Waals surface area contributed by atoms with Crippen molar-refractivity contribution in [3.8, 4) is 0 Å². The Balaban J connectivity index is 4.13. The Hall–Kier alpha value is -0.280. The number of halogens is 1. The molecule has 2 unspecified atom stereocenters. The molecule has 0 aromatic rings. The summed E-state index contributed by atoms with van der Waals surface area (Å²) in [5.74, 6) is -0.952. The lowest BCUT2D eigenvalue weighted by Gasteiger charge is -2.24. The second-order valence-electron chi connectivity index (χ2n) is 2.68. The second-order valence-corrected chi connectivity index (χ2v) is 3.15. The zero-order valence-electron chi connectivity index (χ0n) is 7.04. The minimum atomic E-state index is -0.952. The Morgan fingerprint density at radius 1 is 1.64 bits per heavy atom. The molecule has 0 heterocycles. The van der Waals surface area contributed by atoms with E-state index in [9.17, 15) is 4.79 Å². The molecule has 0 fully saturated rings. The first-order chi connectivity index (χ1) is 5.00. The molecule has 4 heteroatoms. The molecule has 0 aromatic carbocycles. The first kappa shape index (κ1) is 10.7. The van der Waals surface area contributed by atoms with Gasteiger partial charge in [0, 0.05) is 6.04 Å². The van der Waals surface area contributed by atoms with Gasteiger partial charge in [-0.2, -0.15) is 0 Å². The van der Waals surface area contributed by atoms with Crippen molar-refractivity contribution >= 4 is 17.6 Å². The van der Waals surface area contributed by atoms with Crippen LogP contribution in [0.3, 0.4) is 0 Å². The van der Waals surface area contributed by atoms with Crippen molar-refractivity contribution in [3.63, 3.8) is 0 Å². The van der Waals surface area contributed by atoms with Gasteiger partial charge < -0.3 is 10.0 Å². The van der Waals surface area contributed by atoms with Crippen LogP contribution in [0.1, 0.15) is 13.3 Å². The summed E-state index contributed by atoms with van der Waals surface area (Å²) in [4.78, 5) is 12.3. The molecule has 0 saturated carbocycles. The number of aliphatic carboxylic acids is 1. The minimum absolute atomic E-state index is 0.0887. The van der Waals surface area contributed by atoms with E-state index in [1.54, 1.807) is 0 Å². The molecule has 0 aliphatic rings. The predicted molar refractivity (Wildman–Crippen MR) is 45.0 cm³/mol. The Kier molecular flexibility index (Phi) is 4.45. The number of nitrogens with zero attached hydrogens (tertiary/aromatic N) is 1. The van der Waals surface area contributed by atoms with Crippen LogP contribution in [0.15, 0.2) is 0 Å². The Morgan fingerprint density at radius 3 is 2.18 bits per heavy atom. The van der Waals surface area contributed by atoms with Crippen molar-refractivity contribution in [2.45, 2.75) is 24.8 Å². The van der Waals surface area contributed by atoms with Crippen molar-refractivity contribution in [2.75, 3.05) is 14.1 Å². The van der Waals surface area contributed by atoms with E-state index in [1.807, 2.05) is 25.9 Å². The SMILES string of the molecule is CCC(C(Cl)C(=O)O)N(C)C. The first-order valence-corrected chi connectivity index (χ1v) is 3.97. The molecule has 0 bridgehead atoms. The summed E-state index contributed by atoms with van der Waals surface area (Å²) in [7, 11) is 3.65. The van der Waals surface area contributed by atoms with E-state index in [2.05, 4.69) is 0 Å². The van der Waals surface area contributed by atoms with Crippen LogP contribution >= 0.6 is 11.6 Å². The topological polar surface area (TPSA) is 40.5 Å². The van der Waals surface area contributed by atoms with Gasteiger partial charge in [0.05, 0.1) is 0 Å². The number of rotatable bonds is 4. The summed E-state index contributed by atoms with van der Waals surface area (Å²) in [5.41, 5.74) is 0. The van der Waals surface area contributed by atoms with E-state index in [4.69, 9.17) is 16.7 Å². The molecule has 66 valence electrons. The molecular weight excluding hydrogens is 166 g/mol. The average Bonchev–Trinajstić information content (AvgIpc) is 1.88. The predicted octanol–water partition coefficient (Wildman–Crippen LogP) is 1.02. The standard InChI is InChI=1S/C7H14ClNO2/c1-4-5(9(2)3)6(8)7(10)11/h5-6H,4H2,1-3H3,(H,10,11). The largest absolute Gasteiger partial charge is 0.480 e. The van der Waals surface area contributed by atoms with Gasteiger partial charge in [0.25, 0.3) is 0 Å². The number of hydrogen-bond acceptors (Lipinski definition) is 2. The van der Waals surface area contributed by atoms with Crippen LogP contribution in [0.2, 0.25) is 0 Å². The van der Waals surface area contributed by atoms with Crippen LogP contribution < -0.4 is 0 Å². The van der Waals surface area contributed by atoms with E-state index < -0.39 is 11.3 Å². The smallest absolute Gasteiger partial charge is 0.323 e. The third kappa shape index (κ3) is 3.08. The summed E-state index contributed by atoms with van der Waals surface area (Å²) in [6, 6.07) is -0.0887. The average molecular weight is 180 g/mol. The van der Waals surface area contributed by atoms with Crippen molar-refractivity contribution in [2.24, 2.45) is 0 Å². The quantitative estimate of drug-likeness (QED) is 0.656. The van der Waals surface area contributed by atoms with Gasteiger partial charge in [-0.05, 0) is 20.5 Å². The number of hydrogen-bond donors (Lipinski definition) is 1. The third-order valence-electron chi connectivity index (χ3n) is 1.66. The molecule has 0 aliphatic carbocycles. The van der Waals surface area contributed by atoms with Crippen LogP contribution in [0.5, 0.6) is 0 Å². The Morgan fingerprint density at radius 2 is 2.09 bits per heavy atom. The highest BCUT2D eigenvalue weighted by molar-refractivity contribution is 6.30. The lowest BCUT2D eigenvalue weighted by Crippen LogP contribution is -2.39. The number of carboxylic acids is 1. The van der Waals surface area contributed by atoms with Gasteiger partial charge >= 0.3 is 5.97 Å². The van der Waals surface area contributed by atoms with Crippen molar-refractivity contribution in [1.29, 1.82) is 0 Å². The lowest BCUT2D eigenvalue weighted by molar-refractivity contribution is -0.137. The molecule has 1 N–H and O–H groups in total. The summed E-state index contributed by atoms with van der Waals surface area (Å²) < 4.78 is 0. The van der Waals surface area contributed by atoms with Gasteiger partial charge in [0.1, 0.15) is 5.38 Å². The maximum Gasteiger partial charge on any atom is 0.323 e. The lowest BCUT2D eigenvalue weighted by atomic mass is 10.1. The second kappa shape index (κ2) is 4.57. The fraction of sp³-hybridized carbons (Fsp3) is 0.857. The fourth-order valence-electron chi connectivity index (χ4n) is 0.998. The van der Waals surface area contributed by atoms with Gasteiger partial charge in [0.15, 0.2) is 0 Å². The normalized spacial score (nSPS) is 16.5. The molecule has 3 nitrogen and oxygen atoms in total. The highest BCUT2D eigenvalue weighted by atomic mass is 35.5. The van der Waals surface area contributed by atoms with Crippen molar-refractivity contribution in [3.05, 3.63) is 0 Å². The molecule has 0 amide bonds. The highest BCUT2D eigenvalue weighted by Crippen LogP contribution is 2.11. The maximum absolute atomic E-state index is 10.4. The van der Waals surface area contributed by atoms with Gasteiger partial charge in [-0.25, -0.2) is 0 Å². The van der Waals surface area contributed by atoms with Crippen LogP contribution in [0.25, 0.3) is 0 Å². The first-order valence-electron chi connectivity index (χ1n) is 3.54. The molecule has 0 saturated heterocycles. The van der Waals surface area contributed by atoms with Crippen molar-refractivity contribution < 1.29 is 9.90 Å². The van der Waals surface area contributed by atoms with Gasteiger partial charge in [-0.15, -0.1) is 11.6 Å². The van der Waals surface area contributed by atoms with Gasteiger partial charge in [-0.1, -0.05) is 6.92 Å². The van der Waals surface area contributed by atoms with Crippen LogP contribution in [-0.4, -0.2) is 41.5 Å². The van der Waals surface area contributed by atoms with E-state index in [0.29, 0.717) is 0 Å². The Labute approximate surface area is 71.9 Å². The zero-order chi connectivity index (χ0) is 9.02. The number of carbonyl (C=O) groups is 1. The monoisotopic (exact) mass is 179 g/mol. The third-order valence-corrected chi connectivity index (χ3v) is 2.13. The molecular formula is C7H14ClNO2. The van der Waals surface area contributed by atoms with E-state index in [1.165, 1.54) is 0 Å². The Bertz CT molecular complexity index is 138. The number of alkyl halides is 1. The zero-order valence-corrected chi connectivity index (χ0v) is 7.80. The maximum atomic E-state index is 10.4. The van der Waals surface area contributed by atoms with Crippen molar-refractivity contribution in [1.82, 2.24) is 4.90 Å². The summed E-state index contributed by atoms with van der Waals surface area (Å²) >= 11 is 5.64. The highest BCUT2D eigenvalue weighted by Gasteiger charge is 2.25. The molecule has 0 radical (unpaired) electrons. The summed E-state index contributed by atoms with van der Waals surface area (Å²) in [6.45, 7) is 1.92. The van der Waals surface area contributed by atoms with E-state index >= 15 is 0 Å². The molecule has 2 atom stereocenters. The molecule has 0 rings (SSSR count). The molecule has 0 aliphatic heterocycles. The minimum Gasteiger partial charge on any atom is -0.480 e. The molecule has 0 aromatic heterocycles. The summed E-state index contributed by atoms with van der Waals surface area (Å²) in [5, 5.41) is 7.76. The number of carboxylic acid groups (broad SMARTS) is 1. The molecule has 11 heavy (non-hydrogen) atoms. The van der Waals surface area contributed by atoms with E-state index in [-0.39, 0.29) is 6.04 Å². The van der Waals surface area contributed by atoms with Crippen LogP contribution in [-0.2, 0) is 4.79 Å². The fourth-order valence-corrected chi connectivity index (χ4v) is 1.40. The molecule has 0 spiro atoms. The van der Waals surface area contributed by atoms with E-state index in [0.717, 1.165) is 6.42 Å². The van der Waals surface area contributed by atoms with Crippen LogP contribution in [0.4, 0.5) is 0 Å². The van der Waals surface area contributed by atoms with Crippen LogP contribution in [0, 0.1) is 0 Å².